The molecule has 0 radical (unpaired) electrons. The molecule has 2 fully saturated rings. The summed E-state index contributed by atoms with van der Waals surface area (Å²) in [6, 6.07) is 6.52. The molecule has 1 heterocycles. The Hall–Kier alpha value is -0.920. The van der Waals surface area contributed by atoms with Crippen LogP contribution in [0.25, 0.3) is 0 Å². The van der Waals surface area contributed by atoms with Crippen LogP contribution in [0, 0.1) is 0 Å². The van der Waals surface area contributed by atoms with E-state index in [1.54, 1.807) is 24.3 Å². The number of nitrogens with zero attached hydrogens (tertiary/aromatic N) is 1. The number of morpholine rings is 1. The first-order valence-electron chi connectivity index (χ1n) is 7.42. The Balaban J connectivity index is 2.03. The highest BCUT2D eigenvalue weighted by molar-refractivity contribution is 9.10. The second kappa shape index (κ2) is 5.94. The molecule has 22 heavy (non-hydrogen) atoms. The summed E-state index contributed by atoms with van der Waals surface area (Å²) >= 11 is 3.31. The Morgan fingerprint density at radius 3 is 2.36 bits per heavy atom. The number of halogens is 1. The number of benzene rings is 1. The third-order valence-electron chi connectivity index (χ3n) is 4.47. The monoisotopic (exact) mass is 387 g/mol. The number of cyclic esters (lactones) is 1. The van der Waals surface area contributed by atoms with Gasteiger partial charge in [-0.15, -0.1) is 0 Å². The number of carbonyl (C=O) groups excluding carboxylic acids is 1. The molecule has 7 heteroatoms. The minimum atomic E-state index is -3.71. The van der Waals surface area contributed by atoms with Crippen molar-refractivity contribution >= 4 is 31.9 Å². The fraction of sp³-hybridized carbons (Fsp3) is 0.533. The van der Waals surface area contributed by atoms with E-state index in [1.807, 2.05) is 0 Å². The molecule has 1 saturated carbocycles. The fourth-order valence-electron chi connectivity index (χ4n) is 3.35. The van der Waals surface area contributed by atoms with Gasteiger partial charge in [0.1, 0.15) is 12.1 Å². The van der Waals surface area contributed by atoms with E-state index in [-0.39, 0.29) is 24.0 Å². The Morgan fingerprint density at radius 2 is 1.73 bits per heavy atom. The highest BCUT2D eigenvalue weighted by Gasteiger charge is 2.53. The molecule has 120 valence electrons. The van der Waals surface area contributed by atoms with E-state index >= 15 is 0 Å². The van der Waals surface area contributed by atoms with Crippen LogP contribution in [0.15, 0.2) is 33.6 Å². The molecule has 3 rings (SSSR count). The number of hydrogen-bond acceptors (Lipinski definition) is 4. The summed E-state index contributed by atoms with van der Waals surface area (Å²) in [5.74, 6) is -0.390. The first kappa shape index (κ1) is 16.0. The van der Waals surface area contributed by atoms with Gasteiger partial charge in [-0.1, -0.05) is 35.2 Å². The van der Waals surface area contributed by atoms with Gasteiger partial charge in [-0.25, -0.2) is 8.42 Å². The molecule has 1 saturated heterocycles. The highest BCUT2D eigenvalue weighted by Crippen LogP contribution is 2.40. The van der Waals surface area contributed by atoms with Crippen LogP contribution in [0.1, 0.15) is 32.1 Å². The smallest absolute Gasteiger partial charge is 0.327 e. The van der Waals surface area contributed by atoms with E-state index in [1.165, 1.54) is 4.31 Å². The third kappa shape index (κ3) is 2.59. The predicted octanol–water partition coefficient (Wildman–Crippen LogP) is 2.70. The van der Waals surface area contributed by atoms with Crippen molar-refractivity contribution in [3.05, 3.63) is 28.7 Å². The molecule has 1 aliphatic heterocycles. The minimum absolute atomic E-state index is 0.121. The van der Waals surface area contributed by atoms with Crippen molar-refractivity contribution in [1.29, 1.82) is 0 Å². The Kier molecular flexibility index (Phi) is 4.31. The maximum atomic E-state index is 13.0. The van der Waals surface area contributed by atoms with Crippen LogP contribution in [0.5, 0.6) is 0 Å². The van der Waals surface area contributed by atoms with Crippen molar-refractivity contribution in [3.63, 3.8) is 0 Å². The van der Waals surface area contributed by atoms with E-state index in [2.05, 4.69) is 15.9 Å². The summed E-state index contributed by atoms with van der Waals surface area (Å²) in [6.45, 7) is 0.348. The molecular formula is C15H18BrNO4S. The van der Waals surface area contributed by atoms with Gasteiger partial charge in [0, 0.05) is 11.0 Å². The predicted molar refractivity (Wildman–Crippen MR) is 84.8 cm³/mol. The fourth-order valence-corrected chi connectivity index (χ4v) is 5.38. The molecule has 0 unspecified atom stereocenters. The number of ether oxygens (including phenoxy) is 1. The summed E-state index contributed by atoms with van der Waals surface area (Å²) in [6.07, 6.45) is 3.81. The van der Waals surface area contributed by atoms with E-state index in [4.69, 9.17) is 4.74 Å². The normalized spacial score (nSPS) is 22.5. The van der Waals surface area contributed by atoms with Crippen molar-refractivity contribution in [3.8, 4) is 0 Å². The number of hydrogen-bond donors (Lipinski definition) is 0. The van der Waals surface area contributed by atoms with Crippen molar-refractivity contribution < 1.29 is 17.9 Å². The lowest BCUT2D eigenvalue weighted by molar-refractivity contribution is -0.165. The number of carbonyl (C=O) groups is 1. The Labute approximate surface area is 138 Å². The molecule has 2 aliphatic rings. The molecule has 5 nitrogen and oxygen atoms in total. The van der Waals surface area contributed by atoms with E-state index < -0.39 is 15.6 Å². The van der Waals surface area contributed by atoms with Crippen LogP contribution in [0.3, 0.4) is 0 Å². The summed E-state index contributed by atoms with van der Waals surface area (Å²) in [4.78, 5) is 12.6. The molecule has 1 aliphatic carbocycles. The second-order valence-electron chi connectivity index (χ2n) is 5.76. The van der Waals surface area contributed by atoms with Crippen LogP contribution in [-0.2, 0) is 19.6 Å². The lowest BCUT2D eigenvalue weighted by Crippen LogP contribution is -2.62. The summed E-state index contributed by atoms with van der Waals surface area (Å²) < 4.78 is 33.4. The van der Waals surface area contributed by atoms with Crippen LogP contribution >= 0.6 is 15.9 Å². The second-order valence-corrected chi connectivity index (χ2v) is 8.54. The van der Waals surface area contributed by atoms with Crippen molar-refractivity contribution in [2.75, 3.05) is 13.2 Å². The van der Waals surface area contributed by atoms with Gasteiger partial charge in [-0.05, 0) is 37.1 Å². The molecule has 1 aromatic rings. The molecule has 0 amide bonds. The van der Waals surface area contributed by atoms with E-state index in [9.17, 15) is 13.2 Å². The van der Waals surface area contributed by atoms with Gasteiger partial charge in [0.25, 0.3) is 0 Å². The van der Waals surface area contributed by atoms with Gasteiger partial charge in [0.05, 0.1) is 4.90 Å². The number of rotatable bonds is 2. The van der Waals surface area contributed by atoms with Gasteiger partial charge in [0.15, 0.2) is 0 Å². The van der Waals surface area contributed by atoms with Gasteiger partial charge in [-0.2, -0.15) is 4.31 Å². The third-order valence-corrected chi connectivity index (χ3v) is 6.98. The zero-order valence-electron chi connectivity index (χ0n) is 12.1. The average Bonchev–Trinajstić information content (AvgIpc) is 2.51. The van der Waals surface area contributed by atoms with Gasteiger partial charge >= 0.3 is 5.97 Å². The molecule has 0 N–H and O–H groups in total. The molecule has 0 bridgehead atoms. The molecule has 1 spiro atoms. The quantitative estimate of drug-likeness (QED) is 0.731. The van der Waals surface area contributed by atoms with Gasteiger partial charge < -0.3 is 4.74 Å². The van der Waals surface area contributed by atoms with Crippen molar-refractivity contribution in [2.45, 2.75) is 42.5 Å². The zero-order valence-corrected chi connectivity index (χ0v) is 14.5. The lowest BCUT2D eigenvalue weighted by atomic mass is 9.81. The maximum absolute atomic E-state index is 13.0. The SMILES string of the molecule is O=C1OCCN(S(=O)(=O)c2ccc(Br)cc2)C12CCCCC2. The first-order chi connectivity index (χ1) is 10.5. The zero-order chi connectivity index (χ0) is 15.8. The van der Waals surface area contributed by atoms with Crippen LogP contribution < -0.4 is 0 Å². The van der Waals surface area contributed by atoms with Crippen LogP contribution in [0.4, 0.5) is 0 Å². The minimum Gasteiger partial charge on any atom is -0.463 e. The number of esters is 1. The average molecular weight is 388 g/mol. The molecule has 0 aromatic heterocycles. The van der Waals surface area contributed by atoms with Crippen LogP contribution in [-0.4, -0.2) is 37.4 Å². The maximum Gasteiger partial charge on any atom is 0.327 e. The van der Waals surface area contributed by atoms with Crippen LogP contribution in [0.2, 0.25) is 0 Å². The summed E-state index contributed by atoms with van der Waals surface area (Å²) in [5, 5.41) is 0. The van der Waals surface area contributed by atoms with E-state index in [0.717, 1.165) is 23.7 Å². The summed E-state index contributed by atoms with van der Waals surface area (Å²) in [5.41, 5.74) is -1.01. The van der Waals surface area contributed by atoms with Gasteiger partial charge in [0.2, 0.25) is 10.0 Å². The highest BCUT2D eigenvalue weighted by atomic mass is 79.9. The van der Waals surface area contributed by atoms with Crippen molar-refractivity contribution in [2.24, 2.45) is 0 Å². The number of sulfonamides is 1. The Morgan fingerprint density at radius 1 is 1.09 bits per heavy atom. The molecule has 0 atom stereocenters. The van der Waals surface area contributed by atoms with E-state index in [0.29, 0.717) is 12.8 Å². The summed E-state index contributed by atoms with van der Waals surface area (Å²) in [7, 11) is -3.71. The first-order valence-corrected chi connectivity index (χ1v) is 9.66. The standard InChI is InChI=1S/C15H18BrNO4S/c16-12-4-6-13(7-5-12)22(19,20)17-10-11-21-14(18)15(17)8-2-1-3-9-15/h4-7H,1-3,8-11H2. The van der Waals surface area contributed by atoms with Gasteiger partial charge in [-0.3, -0.25) is 4.79 Å². The lowest BCUT2D eigenvalue weighted by Gasteiger charge is -2.45. The largest absolute Gasteiger partial charge is 0.463 e. The molecule has 1 aromatic carbocycles. The molecular weight excluding hydrogens is 370 g/mol. The topological polar surface area (TPSA) is 63.7 Å². The van der Waals surface area contributed by atoms with Crippen molar-refractivity contribution in [1.82, 2.24) is 4.31 Å². The Bertz CT molecular complexity index is 665.